The Labute approximate surface area is 61.3 Å². The van der Waals surface area contributed by atoms with Gasteiger partial charge in [-0.3, -0.25) is 0 Å². The van der Waals surface area contributed by atoms with Crippen LogP contribution in [-0.2, 0) is 0 Å². The van der Waals surface area contributed by atoms with Crippen LogP contribution in [0.1, 0.15) is 25.7 Å². The first kappa shape index (κ1) is 9.45. The number of hydrogen-bond acceptors (Lipinski definition) is 1. The van der Waals surface area contributed by atoms with E-state index in [2.05, 4.69) is 0 Å². The average molecular weight is 144 g/mol. The minimum Gasteiger partial charge on any atom is -0.396 e. The highest BCUT2D eigenvalue weighted by atomic mass is 19.1. The van der Waals surface area contributed by atoms with Gasteiger partial charge in [-0.05, 0) is 19.3 Å². The van der Waals surface area contributed by atoms with Gasteiger partial charge in [0.2, 0.25) is 0 Å². The Balaban J connectivity index is 2.98. The minimum atomic E-state index is -1.10. The van der Waals surface area contributed by atoms with Crippen LogP contribution in [0.4, 0.5) is 4.39 Å². The minimum absolute atomic E-state index is 0.188. The van der Waals surface area contributed by atoms with Gasteiger partial charge in [-0.2, -0.15) is 0 Å². The highest BCUT2D eigenvalue weighted by Crippen LogP contribution is 2.04. The molecular weight excluding hydrogens is 131 g/mol. The van der Waals surface area contributed by atoms with Crippen molar-refractivity contribution in [1.29, 1.82) is 0 Å². The molecule has 0 amide bonds. The highest BCUT2D eigenvalue weighted by Gasteiger charge is 1.98. The second kappa shape index (κ2) is 6.57. The Kier molecular flexibility index (Phi) is 6.21. The van der Waals surface area contributed by atoms with Crippen LogP contribution in [0, 0.1) is 12.3 Å². The number of aliphatic hydroxyl groups is 1. The zero-order chi connectivity index (χ0) is 7.82. The number of rotatable bonds is 5. The largest absolute Gasteiger partial charge is 0.396 e. The van der Waals surface area contributed by atoms with E-state index in [1.54, 1.807) is 0 Å². The molecule has 0 aliphatic heterocycles. The summed E-state index contributed by atoms with van der Waals surface area (Å²) in [6.45, 7) is 0.188. The van der Waals surface area contributed by atoms with Gasteiger partial charge in [0.1, 0.15) is 0 Å². The van der Waals surface area contributed by atoms with Crippen LogP contribution in [0.15, 0.2) is 0 Å². The van der Waals surface area contributed by atoms with Gasteiger partial charge < -0.3 is 5.11 Å². The second-order valence-corrected chi connectivity index (χ2v) is 2.21. The number of unbranched alkanes of at least 4 members (excludes halogenated alkanes) is 2. The lowest BCUT2D eigenvalue weighted by Gasteiger charge is -1.98. The summed E-state index contributed by atoms with van der Waals surface area (Å²) in [5.74, 6) is 2.01. The lowest BCUT2D eigenvalue weighted by Crippen LogP contribution is -1.95. The Morgan fingerprint density at radius 2 is 2.10 bits per heavy atom. The van der Waals surface area contributed by atoms with Crippen LogP contribution >= 0.6 is 0 Å². The first-order valence-corrected chi connectivity index (χ1v) is 3.52. The molecule has 58 valence electrons. The fourth-order valence-electron chi connectivity index (χ4n) is 0.695. The zero-order valence-corrected chi connectivity index (χ0v) is 6.02. The number of hydrogen-bond donors (Lipinski definition) is 1. The molecule has 0 aromatic heterocycles. The smallest absolute Gasteiger partial charge is 0.160 e. The van der Waals surface area contributed by atoms with E-state index in [4.69, 9.17) is 11.5 Å². The Morgan fingerprint density at radius 3 is 2.60 bits per heavy atom. The first-order valence-electron chi connectivity index (χ1n) is 3.52. The number of alkyl halides is 1. The molecule has 0 rings (SSSR count). The molecule has 1 atom stereocenters. The van der Waals surface area contributed by atoms with Crippen molar-refractivity contribution in [3.05, 3.63) is 0 Å². The highest BCUT2D eigenvalue weighted by molar-refractivity contribution is 4.93. The van der Waals surface area contributed by atoms with Crippen molar-refractivity contribution in [1.82, 2.24) is 0 Å². The maximum absolute atomic E-state index is 12.3. The summed E-state index contributed by atoms with van der Waals surface area (Å²) in [6.07, 6.45) is 6.52. The standard InChI is InChI=1S/C8H13FO/c1-2-8(9)6-4-3-5-7-10/h1,8,10H,3-7H2. The quantitative estimate of drug-likeness (QED) is 0.458. The molecule has 10 heavy (non-hydrogen) atoms. The van der Waals surface area contributed by atoms with E-state index >= 15 is 0 Å². The second-order valence-electron chi connectivity index (χ2n) is 2.21. The summed E-state index contributed by atoms with van der Waals surface area (Å²) in [5.41, 5.74) is 0. The van der Waals surface area contributed by atoms with Crippen LogP contribution in [0.3, 0.4) is 0 Å². The molecule has 0 saturated heterocycles. The van der Waals surface area contributed by atoms with Crippen molar-refractivity contribution >= 4 is 0 Å². The summed E-state index contributed by atoms with van der Waals surface area (Å²) in [7, 11) is 0. The molecule has 0 aliphatic rings. The third-order valence-corrected chi connectivity index (χ3v) is 1.30. The summed E-state index contributed by atoms with van der Waals surface area (Å²) >= 11 is 0. The predicted molar refractivity (Wildman–Crippen MR) is 39.3 cm³/mol. The van der Waals surface area contributed by atoms with Crippen LogP contribution in [0.5, 0.6) is 0 Å². The van der Waals surface area contributed by atoms with Gasteiger partial charge in [0.05, 0.1) is 0 Å². The Bertz CT molecular complexity index is 106. The third kappa shape index (κ3) is 5.58. The molecule has 0 spiro atoms. The molecule has 1 nitrogen and oxygen atoms in total. The Hall–Kier alpha value is -0.550. The van der Waals surface area contributed by atoms with Crippen molar-refractivity contribution in [2.45, 2.75) is 31.9 Å². The molecule has 0 aromatic rings. The summed E-state index contributed by atoms with van der Waals surface area (Å²) < 4.78 is 12.3. The maximum atomic E-state index is 12.3. The van der Waals surface area contributed by atoms with Gasteiger partial charge >= 0.3 is 0 Å². The van der Waals surface area contributed by atoms with Crippen LogP contribution in [0.2, 0.25) is 0 Å². The fourth-order valence-corrected chi connectivity index (χ4v) is 0.695. The van der Waals surface area contributed by atoms with E-state index in [1.807, 2.05) is 5.92 Å². The van der Waals surface area contributed by atoms with E-state index in [0.717, 1.165) is 19.3 Å². The van der Waals surface area contributed by atoms with E-state index in [1.165, 1.54) is 0 Å². The summed E-state index contributed by atoms with van der Waals surface area (Å²) in [6, 6.07) is 0. The van der Waals surface area contributed by atoms with Gasteiger partial charge in [-0.25, -0.2) is 4.39 Å². The van der Waals surface area contributed by atoms with E-state index < -0.39 is 6.17 Å². The first-order chi connectivity index (χ1) is 4.81. The van der Waals surface area contributed by atoms with Crippen molar-refractivity contribution in [3.8, 4) is 12.3 Å². The van der Waals surface area contributed by atoms with Crippen molar-refractivity contribution in [2.75, 3.05) is 6.61 Å². The molecule has 0 bridgehead atoms. The molecule has 2 heteroatoms. The molecule has 0 heterocycles. The molecular formula is C8H13FO. The lowest BCUT2D eigenvalue weighted by atomic mass is 10.1. The fraction of sp³-hybridized carbons (Fsp3) is 0.750. The summed E-state index contributed by atoms with van der Waals surface area (Å²) in [4.78, 5) is 0. The van der Waals surface area contributed by atoms with Gasteiger partial charge in [0.25, 0.3) is 0 Å². The van der Waals surface area contributed by atoms with Crippen LogP contribution in [-0.4, -0.2) is 17.9 Å². The SMILES string of the molecule is C#CC(F)CCCCCO. The molecule has 0 aliphatic carbocycles. The molecule has 1 unspecified atom stereocenters. The number of halogens is 1. The van der Waals surface area contributed by atoms with Crippen molar-refractivity contribution in [2.24, 2.45) is 0 Å². The van der Waals surface area contributed by atoms with Crippen LogP contribution < -0.4 is 0 Å². The number of terminal acetylenes is 1. The topological polar surface area (TPSA) is 20.2 Å². The van der Waals surface area contributed by atoms with Gasteiger partial charge in [0, 0.05) is 6.61 Å². The van der Waals surface area contributed by atoms with E-state index in [-0.39, 0.29) is 6.61 Å². The average Bonchev–Trinajstić information content (AvgIpc) is 1.98. The number of aliphatic hydroxyl groups excluding tert-OH is 1. The Morgan fingerprint density at radius 1 is 1.40 bits per heavy atom. The summed E-state index contributed by atoms with van der Waals surface area (Å²) in [5, 5.41) is 8.35. The van der Waals surface area contributed by atoms with Crippen molar-refractivity contribution in [3.63, 3.8) is 0 Å². The maximum Gasteiger partial charge on any atom is 0.160 e. The lowest BCUT2D eigenvalue weighted by molar-refractivity contribution is 0.279. The molecule has 0 radical (unpaired) electrons. The zero-order valence-electron chi connectivity index (χ0n) is 6.02. The molecule has 0 saturated carbocycles. The van der Waals surface area contributed by atoms with E-state index in [0.29, 0.717) is 6.42 Å². The monoisotopic (exact) mass is 144 g/mol. The molecule has 0 fully saturated rings. The molecule has 0 aromatic carbocycles. The van der Waals surface area contributed by atoms with Crippen molar-refractivity contribution < 1.29 is 9.50 Å². The van der Waals surface area contributed by atoms with Gasteiger partial charge in [0.15, 0.2) is 6.17 Å². The third-order valence-electron chi connectivity index (χ3n) is 1.30. The normalized spacial score (nSPS) is 12.5. The predicted octanol–water partition coefficient (Wildman–Crippen LogP) is 1.51. The van der Waals surface area contributed by atoms with Gasteiger partial charge in [-0.1, -0.05) is 12.3 Å². The molecule has 1 N–H and O–H groups in total. The van der Waals surface area contributed by atoms with Crippen LogP contribution in [0.25, 0.3) is 0 Å². The van der Waals surface area contributed by atoms with E-state index in [9.17, 15) is 4.39 Å². The van der Waals surface area contributed by atoms with Gasteiger partial charge in [-0.15, -0.1) is 6.42 Å².